The lowest BCUT2D eigenvalue weighted by molar-refractivity contribution is -0.0109. The summed E-state index contributed by atoms with van der Waals surface area (Å²) in [7, 11) is 0. The zero-order valence-corrected chi connectivity index (χ0v) is 16.5. The molecule has 1 aliphatic heterocycles. The van der Waals surface area contributed by atoms with E-state index in [-0.39, 0.29) is 12.3 Å². The third-order valence-corrected chi connectivity index (χ3v) is 5.42. The second-order valence-electron chi connectivity index (χ2n) is 7.53. The second kappa shape index (κ2) is 8.12. The first kappa shape index (κ1) is 18.6. The number of hydrogen-bond acceptors (Lipinski definition) is 7. The van der Waals surface area contributed by atoms with Gasteiger partial charge in [-0.05, 0) is 54.7 Å². The van der Waals surface area contributed by atoms with E-state index in [0.29, 0.717) is 18.0 Å². The predicted octanol–water partition coefficient (Wildman–Crippen LogP) is 3.72. The minimum absolute atomic E-state index is 0.0232. The molecule has 0 saturated heterocycles. The number of aromatic nitrogens is 3. The quantitative estimate of drug-likeness (QED) is 0.672. The third-order valence-electron chi connectivity index (χ3n) is 5.42. The van der Waals surface area contributed by atoms with E-state index in [0.717, 1.165) is 41.8 Å². The predicted molar refractivity (Wildman–Crippen MR) is 113 cm³/mol. The first-order valence-electron chi connectivity index (χ1n) is 10.2. The molecule has 7 heteroatoms. The number of nitrogens with one attached hydrogen (secondary N) is 1. The lowest BCUT2D eigenvalue weighted by Crippen LogP contribution is -2.31. The van der Waals surface area contributed by atoms with Crippen molar-refractivity contribution >= 4 is 5.82 Å². The van der Waals surface area contributed by atoms with E-state index < -0.39 is 0 Å². The topological polar surface area (TPSA) is 99.1 Å². The zero-order valence-electron chi connectivity index (χ0n) is 16.5. The Labute approximate surface area is 174 Å². The summed E-state index contributed by atoms with van der Waals surface area (Å²) in [6.45, 7) is 0. The van der Waals surface area contributed by atoms with Gasteiger partial charge in [-0.1, -0.05) is 17.3 Å². The number of dihydropyridines is 1. The van der Waals surface area contributed by atoms with Crippen LogP contribution < -0.4 is 11.1 Å². The van der Waals surface area contributed by atoms with Crippen molar-refractivity contribution in [2.75, 3.05) is 5.73 Å². The highest BCUT2D eigenvalue weighted by Crippen LogP contribution is 2.32. The van der Waals surface area contributed by atoms with E-state index in [9.17, 15) is 0 Å². The van der Waals surface area contributed by atoms with Crippen LogP contribution in [0.2, 0.25) is 0 Å². The molecule has 30 heavy (non-hydrogen) atoms. The number of pyridine rings is 2. The number of ether oxygens (including phenoxy) is 1. The molecule has 3 N–H and O–H groups in total. The average molecular weight is 401 g/mol. The average Bonchev–Trinajstić information content (AvgIpc) is 3.24. The standard InChI is InChI=1S/C23H23N5O2/c24-23-18(6-3-11-26-23)20-13-17(28-30-20)12-15-8-9-21(27-14-15)29-19-7-1-4-16-5-2-10-25-22(16)19/h2-3,5-6,8-11,13-14,19,21,27H,1,4,7,12H2,(H2,24,26). The molecule has 0 amide bonds. The van der Waals surface area contributed by atoms with E-state index in [2.05, 4.69) is 32.6 Å². The van der Waals surface area contributed by atoms with Gasteiger partial charge >= 0.3 is 0 Å². The molecule has 3 aromatic heterocycles. The molecule has 4 heterocycles. The maximum atomic E-state index is 6.27. The van der Waals surface area contributed by atoms with Gasteiger partial charge in [0.05, 0.1) is 17.0 Å². The van der Waals surface area contributed by atoms with Crippen molar-refractivity contribution < 1.29 is 9.26 Å². The maximum Gasteiger partial charge on any atom is 0.170 e. The van der Waals surface area contributed by atoms with Crippen LogP contribution in [0.25, 0.3) is 11.3 Å². The van der Waals surface area contributed by atoms with Crippen LogP contribution in [-0.2, 0) is 17.6 Å². The fourth-order valence-corrected chi connectivity index (χ4v) is 3.93. The number of nitrogen functional groups attached to an aromatic ring is 1. The molecule has 5 rings (SSSR count). The van der Waals surface area contributed by atoms with Crippen molar-refractivity contribution in [3.8, 4) is 11.3 Å². The molecular formula is C23H23N5O2. The molecule has 2 aliphatic rings. The molecule has 0 aromatic carbocycles. The summed E-state index contributed by atoms with van der Waals surface area (Å²) in [5.74, 6) is 1.05. The minimum Gasteiger partial charge on any atom is -0.383 e. The van der Waals surface area contributed by atoms with E-state index in [1.165, 1.54) is 5.56 Å². The first-order valence-corrected chi connectivity index (χ1v) is 10.2. The van der Waals surface area contributed by atoms with Gasteiger partial charge in [0.15, 0.2) is 5.76 Å². The van der Waals surface area contributed by atoms with E-state index in [1.807, 2.05) is 42.7 Å². The summed E-state index contributed by atoms with van der Waals surface area (Å²) < 4.78 is 11.7. The molecule has 3 aromatic rings. The van der Waals surface area contributed by atoms with Crippen LogP contribution in [0.4, 0.5) is 5.82 Å². The highest BCUT2D eigenvalue weighted by molar-refractivity contribution is 5.69. The zero-order chi connectivity index (χ0) is 20.3. The second-order valence-corrected chi connectivity index (χ2v) is 7.53. The monoisotopic (exact) mass is 401 g/mol. The fourth-order valence-electron chi connectivity index (χ4n) is 3.93. The summed E-state index contributed by atoms with van der Waals surface area (Å²) >= 11 is 0. The summed E-state index contributed by atoms with van der Waals surface area (Å²) in [6, 6.07) is 9.73. The smallest absolute Gasteiger partial charge is 0.170 e. The summed E-state index contributed by atoms with van der Waals surface area (Å²) in [5.41, 5.74) is 10.9. The highest BCUT2D eigenvalue weighted by atomic mass is 16.5. The van der Waals surface area contributed by atoms with Gasteiger partial charge in [-0.25, -0.2) is 4.98 Å². The van der Waals surface area contributed by atoms with Gasteiger partial charge in [-0.2, -0.15) is 0 Å². The number of rotatable bonds is 5. The molecule has 0 bridgehead atoms. The minimum atomic E-state index is -0.172. The molecule has 0 fully saturated rings. The molecule has 2 atom stereocenters. The lowest BCUT2D eigenvalue weighted by atomic mass is 9.94. The fraction of sp³-hybridized carbons (Fsp3) is 0.261. The van der Waals surface area contributed by atoms with Crippen LogP contribution in [0.3, 0.4) is 0 Å². The number of nitrogens with zero attached hydrogens (tertiary/aromatic N) is 3. The number of anilines is 1. The van der Waals surface area contributed by atoms with E-state index >= 15 is 0 Å². The number of fused-ring (bicyclic) bond motifs is 1. The molecule has 0 radical (unpaired) electrons. The van der Waals surface area contributed by atoms with Crippen LogP contribution >= 0.6 is 0 Å². The van der Waals surface area contributed by atoms with Crippen molar-refractivity contribution in [3.05, 3.63) is 83.6 Å². The van der Waals surface area contributed by atoms with Crippen molar-refractivity contribution in [3.63, 3.8) is 0 Å². The summed E-state index contributed by atoms with van der Waals surface area (Å²) in [4.78, 5) is 8.64. The van der Waals surface area contributed by atoms with Crippen LogP contribution in [-0.4, -0.2) is 21.4 Å². The molecule has 7 nitrogen and oxygen atoms in total. The van der Waals surface area contributed by atoms with Gasteiger partial charge in [0.1, 0.15) is 18.1 Å². The van der Waals surface area contributed by atoms with Gasteiger partial charge in [0.25, 0.3) is 0 Å². The van der Waals surface area contributed by atoms with Gasteiger partial charge in [0, 0.05) is 31.1 Å². The van der Waals surface area contributed by atoms with Crippen molar-refractivity contribution in [1.29, 1.82) is 0 Å². The SMILES string of the molecule is Nc1ncccc1-c1cc(CC2=CNC(OC3CCCc4cccnc43)C=C2)no1. The van der Waals surface area contributed by atoms with Gasteiger partial charge < -0.3 is 20.3 Å². The number of hydrogen-bond donors (Lipinski definition) is 2. The highest BCUT2D eigenvalue weighted by Gasteiger charge is 2.24. The Bertz CT molecular complexity index is 1100. The largest absolute Gasteiger partial charge is 0.383 e. The molecule has 1 aliphatic carbocycles. The Morgan fingerprint density at radius 3 is 2.97 bits per heavy atom. The van der Waals surface area contributed by atoms with E-state index in [4.69, 9.17) is 15.0 Å². The molecule has 152 valence electrons. The summed E-state index contributed by atoms with van der Waals surface area (Å²) in [6.07, 6.45) is 13.3. The normalized spacial score (nSPS) is 20.3. The third kappa shape index (κ3) is 3.84. The van der Waals surface area contributed by atoms with Crippen molar-refractivity contribution in [1.82, 2.24) is 20.4 Å². The Kier molecular flexibility index (Phi) is 5.03. The maximum absolute atomic E-state index is 6.27. The van der Waals surface area contributed by atoms with Gasteiger partial charge in [0.2, 0.25) is 0 Å². The Hall–Kier alpha value is -3.45. The van der Waals surface area contributed by atoms with Crippen molar-refractivity contribution in [2.24, 2.45) is 0 Å². The van der Waals surface area contributed by atoms with Gasteiger partial charge in [-0.3, -0.25) is 4.98 Å². The lowest BCUT2D eigenvalue weighted by Gasteiger charge is -2.29. The number of allylic oxidation sites excluding steroid dienone is 2. The Balaban J connectivity index is 1.21. The Morgan fingerprint density at radius 2 is 2.10 bits per heavy atom. The van der Waals surface area contributed by atoms with Crippen LogP contribution in [0, 0.1) is 0 Å². The number of nitrogens with two attached hydrogens (primary N) is 1. The van der Waals surface area contributed by atoms with Crippen LogP contribution in [0.1, 0.15) is 35.9 Å². The Morgan fingerprint density at radius 1 is 1.20 bits per heavy atom. The molecule has 0 spiro atoms. The van der Waals surface area contributed by atoms with E-state index in [1.54, 1.807) is 6.20 Å². The summed E-state index contributed by atoms with van der Waals surface area (Å²) in [5, 5.41) is 7.49. The molecule has 2 unspecified atom stereocenters. The first-order chi connectivity index (χ1) is 14.8. The number of aryl methyl sites for hydroxylation is 1. The van der Waals surface area contributed by atoms with Crippen LogP contribution in [0.5, 0.6) is 0 Å². The van der Waals surface area contributed by atoms with Gasteiger partial charge in [-0.15, -0.1) is 0 Å². The van der Waals surface area contributed by atoms with Crippen molar-refractivity contribution in [2.45, 2.75) is 38.0 Å². The molecule has 0 saturated carbocycles. The molecular weight excluding hydrogens is 378 g/mol. The van der Waals surface area contributed by atoms with Crippen LogP contribution in [0.15, 0.2) is 71.2 Å².